The third-order valence-electron chi connectivity index (χ3n) is 9.96. The van der Waals surface area contributed by atoms with E-state index in [1.807, 2.05) is 79.7 Å². The number of carbonyl (C=O) groups is 4. The third-order valence-corrected chi connectivity index (χ3v) is 9.96. The van der Waals surface area contributed by atoms with Gasteiger partial charge in [-0.25, -0.2) is 14.4 Å². The molecule has 14 heteroatoms. The molecule has 2 unspecified atom stereocenters. The highest BCUT2D eigenvalue weighted by molar-refractivity contribution is 5.95. The third kappa shape index (κ3) is 10.0. The first-order chi connectivity index (χ1) is 27.6. The van der Waals surface area contributed by atoms with Crippen LogP contribution in [-0.4, -0.2) is 72.2 Å². The normalized spacial score (nSPS) is 14.4. The predicted molar refractivity (Wildman–Crippen MR) is 219 cm³/mol. The molecule has 0 radical (unpaired) electrons. The van der Waals surface area contributed by atoms with E-state index in [2.05, 4.69) is 15.5 Å². The van der Waals surface area contributed by atoms with E-state index in [9.17, 15) is 19.2 Å². The summed E-state index contributed by atoms with van der Waals surface area (Å²) >= 11 is 0. The van der Waals surface area contributed by atoms with Crippen molar-refractivity contribution < 1.29 is 42.5 Å². The molecule has 2 aromatic heterocycles. The highest BCUT2D eigenvalue weighted by Gasteiger charge is 2.38. The van der Waals surface area contributed by atoms with Gasteiger partial charge in [-0.2, -0.15) is 0 Å². The Balaban J connectivity index is 0.00000567. The van der Waals surface area contributed by atoms with Crippen molar-refractivity contribution in [3.63, 3.8) is 0 Å². The van der Waals surface area contributed by atoms with E-state index >= 15 is 0 Å². The number of furan rings is 1. The van der Waals surface area contributed by atoms with Crippen LogP contribution in [0.5, 0.6) is 0 Å². The smallest absolute Gasteiger partial charge is 0.421 e. The second kappa shape index (κ2) is 18.9. The number of benzene rings is 4. The molecule has 1 fully saturated rings. The summed E-state index contributed by atoms with van der Waals surface area (Å²) in [7, 11) is 0. The summed E-state index contributed by atoms with van der Waals surface area (Å²) in [6, 6.07) is 32.5. The number of amides is 2. The standard InChI is InChI=1S/C44H44N4O9.ClH/c1-30(32-10-4-3-5-11-32)45-41(50)44(2,46-42(51)54-28-36-24-34-12-6-9-15-39(34)57-36)25-35-27-48(38-14-8-7-13-37(35)38)43(52)56-29-55-40(49)33-18-16-31(17-19-33)26-47-20-22-53-23-21-47;/h3-19,24,27,30H,20-23,25-26,28-29H2,1-2H3,(H,45,50)(H,46,51);1H. The van der Waals surface area contributed by atoms with Crippen LogP contribution in [0.15, 0.2) is 120 Å². The van der Waals surface area contributed by atoms with E-state index in [1.54, 1.807) is 49.5 Å². The zero-order chi connectivity index (χ0) is 39.8. The summed E-state index contributed by atoms with van der Waals surface area (Å²) < 4.78 is 28.7. The first kappa shape index (κ1) is 41.5. The summed E-state index contributed by atoms with van der Waals surface area (Å²) in [5.74, 6) is -0.664. The number of hydrogen-bond donors (Lipinski definition) is 2. The van der Waals surface area contributed by atoms with Gasteiger partial charge >= 0.3 is 18.2 Å². The number of alkyl carbamates (subject to hydrolysis) is 1. The van der Waals surface area contributed by atoms with E-state index < -0.39 is 42.4 Å². The maximum absolute atomic E-state index is 14.1. The van der Waals surface area contributed by atoms with E-state index in [0.717, 1.165) is 36.1 Å². The van der Waals surface area contributed by atoms with E-state index in [1.165, 1.54) is 4.57 Å². The van der Waals surface area contributed by atoms with Crippen LogP contribution in [0.1, 0.15) is 52.7 Å². The topological polar surface area (TPSA) is 151 Å². The number of carbonyl (C=O) groups excluding carboxylic acids is 4. The minimum atomic E-state index is -1.56. The predicted octanol–water partition coefficient (Wildman–Crippen LogP) is 7.55. The SMILES string of the molecule is CC(NC(=O)C(C)(Cc1cn(C(=O)OCOC(=O)c2ccc(CN3CCOCC3)cc2)c2ccccc12)NC(=O)OCc1cc2ccccc2o1)c1ccccc1.Cl. The van der Waals surface area contributed by atoms with Gasteiger partial charge < -0.3 is 34.0 Å². The van der Waals surface area contributed by atoms with Crippen molar-refractivity contribution in [1.82, 2.24) is 20.1 Å². The molecule has 1 aliphatic rings. The Labute approximate surface area is 341 Å². The van der Waals surface area contributed by atoms with Crippen LogP contribution in [0.4, 0.5) is 9.59 Å². The second-order valence-corrected chi connectivity index (χ2v) is 14.2. The molecule has 58 heavy (non-hydrogen) atoms. The van der Waals surface area contributed by atoms with Crippen molar-refractivity contribution in [3.05, 3.63) is 143 Å². The molecule has 6 aromatic rings. The number of fused-ring (bicyclic) bond motifs is 2. The lowest BCUT2D eigenvalue weighted by Crippen LogP contribution is -2.58. The van der Waals surface area contributed by atoms with Crippen molar-refractivity contribution in [1.29, 1.82) is 0 Å². The van der Waals surface area contributed by atoms with Gasteiger partial charge in [0.1, 0.15) is 16.9 Å². The maximum atomic E-state index is 14.1. The minimum absolute atomic E-state index is 0. The van der Waals surface area contributed by atoms with Gasteiger partial charge in [0, 0.05) is 43.0 Å². The first-order valence-corrected chi connectivity index (χ1v) is 18.8. The number of ether oxygens (including phenoxy) is 4. The highest BCUT2D eigenvalue weighted by atomic mass is 35.5. The van der Waals surface area contributed by atoms with Crippen molar-refractivity contribution >= 4 is 58.3 Å². The fraction of sp³-hybridized carbons (Fsp3) is 0.273. The Kier molecular flexibility index (Phi) is 13.5. The molecule has 13 nitrogen and oxygen atoms in total. The lowest BCUT2D eigenvalue weighted by molar-refractivity contribution is -0.127. The summed E-state index contributed by atoms with van der Waals surface area (Å²) in [6.07, 6.45) is -0.113. The zero-order valence-electron chi connectivity index (χ0n) is 32.2. The lowest BCUT2D eigenvalue weighted by Gasteiger charge is -2.30. The van der Waals surface area contributed by atoms with Gasteiger partial charge in [-0.1, -0.05) is 78.9 Å². The molecule has 1 saturated heterocycles. The molecule has 2 amide bonds. The van der Waals surface area contributed by atoms with E-state index in [4.69, 9.17) is 23.4 Å². The van der Waals surface area contributed by atoms with Gasteiger partial charge in [0.15, 0.2) is 6.61 Å². The quantitative estimate of drug-likeness (QED) is 0.0885. The largest absolute Gasteiger partial charge is 0.457 e. The Hall–Kier alpha value is -6.15. The molecule has 7 rings (SSSR count). The molecule has 302 valence electrons. The number of hydrogen-bond acceptors (Lipinski definition) is 10. The molecular weight excluding hydrogens is 764 g/mol. The molecule has 2 N–H and O–H groups in total. The average molecular weight is 809 g/mol. The van der Waals surface area contributed by atoms with Crippen LogP contribution >= 0.6 is 12.4 Å². The second-order valence-electron chi connectivity index (χ2n) is 14.2. The Morgan fingerprint density at radius 1 is 0.845 bits per heavy atom. The van der Waals surface area contributed by atoms with Gasteiger partial charge in [0.05, 0.1) is 30.3 Å². The van der Waals surface area contributed by atoms with Crippen LogP contribution in [0.2, 0.25) is 0 Å². The molecule has 0 spiro atoms. The highest BCUT2D eigenvalue weighted by Crippen LogP contribution is 2.27. The van der Waals surface area contributed by atoms with Crippen LogP contribution < -0.4 is 10.6 Å². The van der Waals surface area contributed by atoms with E-state index in [-0.39, 0.29) is 25.4 Å². The fourth-order valence-corrected chi connectivity index (χ4v) is 6.84. The van der Waals surface area contributed by atoms with Crippen molar-refractivity contribution in [3.8, 4) is 0 Å². The molecule has 0 bridgehead atoms. The summed E-state index contributed by atoms with van der Waals surface area (Å²) in [5, 5.41) is 7.33. The molecule has 0 aliphatic carbocycles. The summed E-state index contributed by atoms with van der Waals surface area (Å²) in [4.78, 5) is 56.0. The van der Waals surface area contributed by atoms with Crippen LogP contribution in [0.25, 0.3) is 21.9 Å². The number of halogens is 1. The van der Waals surface area contributed by atoms with Gasteiger partial charge in [0.2, 0.25) is 12.7 Å². The maximum Gasteiger partial charge on any atom is 0.421 e. The Bertz CT molecular complexity index is 2320. The van der Waals surface area contributed by atoms with Crippen molar-refractivity contribution in [2.45, 2.75) is 45.0 Å². The fourth-order valence-electron chi connectivity index (χ4n) is 6.84. The average Bonchev–Trinajstić information content (AvgIpc) is 3.82. The van der Waals surface area contributed by atoms with Gasteiger partial charge in [-0.3, -0.25) is 14.3 Å². The lowest BCUT2D eigenvalue weighted by atomic mass is 9.91. The zero-order valence-corrected chi connectivity index (χ0v) is 33.0. The summed E-state index contributed by atoms with van der Waals surface area (Å²) in [5.41, 5.74) is 2.43. The van der Waals surface area contributed by atoms with Crippen LogP contribution in [-0.2, 0) is 43.3 Å². The molecule has 4 aromatic carbocycles. The molecule has 0 saturated carbocycles. The number of aromatic nitrogens is 1. The Morgan fingerprint density at radius 2 is 1.55 bits per heavy atom. The van der Waals surface area contributed by atoms with Crippen molar-refractivity contribution in [2.24, 2.45) is 0 Å². The number of nitrogens with zero attached hydrogens (tertiary/aromatic N) is 2. The molecule has 2 atom stereocenters. The first-order valence-electron chi connectivity index (χ1n) is 18.8. The van der Waals surface area contributed by atoms with Gasteiger partial charge in [-0.15, -0.1) is 12.4 Å². The number of nitrogens with one attached hydrogen (secondary N) is 2. The number of morpholine rings is 1. The molecule has 3 heterocycles. The van der Waals surface area contributed by atoms with Gasteiger partial charge in [0.25, 0.3) is 0 Å². The molecule has 1 aliphatic heterocycles. The Morgan fingerprint density at radius 3 is 2.31 bits per heavy atom. The van der Waals surface area contributed by atoms with E-state index in [0.29, 0.717) is 46.6 Å². The van der Waals surface area contributed by atoms with Crippen molar-refractivity contribution in [2.75, 3.05) is 33.1 Å². The monoisotopic (exact) mass is 808 g/mol. The van der Waals surface area contributed by atoms with Crippen LogP contribution in [0.3, 0.4) is 0 Å². The minimum Gasteiger partial charge on any atom is -0.457 e. The summed E-state index contributed by atoms with van der Waals surface area (Å²) in [6.45, 7) is 6.54. The molecular formula is C44H45ClN4O9. The number of esters is 1. The number of rotatable bonds is 13. The van der Waals surface area contributed by atoms with Crippen LogP contribution in [0, 0.1) is 0 Å². The number of para-hydroxylation sites is 2. The van der Waals surface area contributed by atoms with Gasteiger partial charge in [-0.05, 0) is 60.9 Å².